The summed E-state index contributed by atoms with van der Waals surface area (Å²) in [6, 6.07) is 0. The van der Waals surface area contributed by atoms with E-state index >= 15 is 0 Å². The van der Waals surface area contributed by atoms with Crippen LogP contribution in [0.1, 0.15) is 23.1 Å². The first kappa shape index (κ1) is 11.0. The fraction of sp³-hybridized carbons (Fsp3) is 0.375. The Morgan fingerprint density at radius 3 is 2.80 bits per heavy atom. The van der Waals surface area contributed by atoms with Crippen molar-refractivity contribution in [3.63, 3.8) is 0 Å². The zero-order valence-corrected chi connectivity index (χ0v) is 8.26. The standard InChI is InChI=1S/C8H9N3O4/c1-3-15-8(12)6-7(11(13)14)5(2)9-4-10-6/h4H,3H2,1-2H3. The molecule has 0 fully saturated rings. The van der Waals surface area contributed by atoms with Crippen LogP contribution in [0.15, 0.2) is 6.33 Å². The highest BCUT2D eigenvalue weighted by Crippen LogP contribution is 2.19. The smallest absolute Gasteiger partial charge is 0.364 e. The summed E-state index contributed by atoms with van der Waals surface area (Å²) in [6.45, 7) is 3.18. The molecule has 80 valence electrons. The molecule has 0 amide bonds. The molecule has 0 aromatic carbocycles. The van der Waals surface area contributed by atoms with Crippen molar-refractivity contribution in [1.29, 1.82) is 0 Å². The lowest BCUT2D eigenvalue weighted by Crippen LogP contribution is -2.12. The van der Waals surface area contributed by atoms with Gasteiger partial charge >= 0.3 is 11.7 Å². The van der Waals surface area contributed by atoms with Crippen LogP contribution in [-0.4, -0.2) is 27.5 Å². The maximum atomic E-state index is 11.3. The Bertz CT molecular complexity index is 405. The van der Waals surface area contributed by atoms with Crippen molar-refractivity contribution in [3.8, 4) is 0 Å². The number of nitrogens with zero attached hydrogens (tertiary/aromatic N) is 3. The number of hydrogen-bond donors (Lipinski definition) is 0. The lowest BCUT2D eigenvalue weighted by molar-refractivity contribution is -0.386. The summed E-state index contributed by atoms with van der Waals surface area (Å²) in [7, 11) is 0. The predicted molar refractivity (Wildman–Crippen MR) is 49.4 cm³/mol. The number of carbonyl (C=O) groups is 1. The zero-order valence-electron chi connectivity index (χ0n) is 8.26. The Balaban J connectivity index is 3.23. The van der Waals surface area contributed by atoms with E-state index < -0.39 is 16.6 Å². The molecule has 1 aromatic rings. The molecule has 0 aliphatic carbocycles. The number of nitro groups is 1. The third-order valence-corrected chi connectivity index (χ3v) is 1.66. The van der Waals surface area contributed by atoms with Crippen LogP contribution < -0.4 is 0 Å². The molecule has 1 rings (SSSR count). The van der Waals surface area contributed by atoms with Gasteiger partial charge < -0.3 is 4.74 Å². The van der Waals surface area contributed by atoms with Crippen LogP contribution in [0.2, 0.25) is 0 Å². The molecule has 7 nitrogen and oxygen atoms in total. The second-order valence-corrected chi connectivity index (χ2v) is 2.63. The van der Waals surface area contributed by atoms with Gasteiger partial charge in [-0.2, -0.15) is 0 Å². The monoisotopic (exact) mass is 211 g/mol. The predicted octanol–water partition coefficient (Wildman–Crippen LogP) is 0.870. The maximum Gasteiger partial charge on any atom is 0.364 e. The van der Waals surface area contributed by atoms with Gasteiger partial charge in [0.05, 0.1) is 11.5 Å². The van der Waals surface area contributed by atoms with Gasteiger partial charge in [-0.05, 0) is 13.8 Å². The van der Waals surface area contributed by atoms with Gasteiger partial charge in [0.25, 0.3) is 0 Å². The fourth-order valence-electron chi connectivity index (χ4n) is 1.03. The summed E-state index contributed by atoms with van der Waals surface area (Å²) < 4.78 is 4.64. The Hall–Kier alpha value is -2.05. The van der Waals surface area contributed by atoms with Crippen LogP contribution in [0.4, 0.5) is 5.69 Å². The molecule has 0 saturated carbocycles. The van der Waals surface area contributed by atoms with Crippen LogP contribution in [0.5, 0.6) is 0 Å². The van der Waals surface area contributed by atoms with E-state index in [1.165, 1.54) is 6.92 Å². The molecule has 1 heterocycles. The molecule has 0 radical (unpaired) electrons. The van der Waals surface area contributed by atoms with Crippen molar-refractivity contribution in [1.82, 2.24) is 9.97 Å². The van der Waals surface area contributed by atoms with Crippen molar-refractivity contribution in [2.75, 3.05) is 6.61 Å². The van der Waals surface area contributed by atoms with Crippen LogP contribution in [-0.2, 0) is 4.74 Å². The van der Waals surface area contributed by atoms with Gasteiger partial charge in [-0.1, -0.05) is 0 Å². The Morgan fingerprint density at radius 2 is 2.27 bits per heavy atom. The van der Waals surface area contributed by atoms with Crippen LogP contribution >= 0.6 is 0 Å². The van der Waals surface area contributed by atoms with Gasteiger partial charge in [-0.15, -0.1) is 0 Å². The Kier molecular flexibility index (Phi) is 3.27. The summed E-state index contributed by atoms with van der Waals surface area (Å²) in [5.74, 6) is -0.810. The minimum Gasteiger partial charge on any atom is -0.461 e. The van der Waals surface area contributed by atoms with E-state index in [9.17, 15) is 14.9 Å². The minimum absolute atomic E-state index is 0.137. The average Bonchev–Trinajstić information content (AvgIpc) is 2.17. The highest BCUT2D eigenvalue weighted by molar-refractivity contribution is 5.91. The summed E-state index contributed by atoms with van der Waals surface area (Å²) in [5.41, 5.74) is -0.580. The lowest BCUT2D eigenvalue weighted by atomic mass is 10.3. The SMILES string of the molecule is CCOC(=O)c1ncnc(C)c1[N+](=O)[O-]. The maximum absolute atomic E-state index is 11.3. The van der Waals surface area contributed by atoms with E-state index in [4.69, 9.17) is 0 Å². The summed E-state index contributed by atoms with van der Waals surface area (Å²) >= 11 is 0. The fourth-order valence-corrected chi connectivity index (χ4v) is 1.03. The number of carbonyl (C=O) groups excluding carboxylic acids is 1. The van der Waals surface area contributed by atoms with Crippen molar-refractivity contribution < 1.29 is 14.5 Å². The molecule has 0 aliphatic heterocycles. The minimum atomic E-state index is -0.810. The molecule has 0 saturated heterocycles. The molecule has 7 heteroatoms. The Labute approximate surface area is 85.3 Å². The van der Waals surface area contributed by atoms with Gasteiger partial charge in [-0.25, -0.2) is 14.8 Å². The number of aryl methyl sites for hydroxylation is 1. The van der Waals surface area contributed by atoms with E-state index in [1.807, 2.05) is 0 Å². The first-order chi connectivity index (χ1) is 7.07. The molecule has 1 aromatic heterocycles. The van der Waals surface area contributed by atoms with Crippen LogP contribution in [0, 0.1) is 17.0 Å². The molecule has 0 bridgehead atoms. The second-order valence-electron chi connectivity index (χ2n) is 2.63. The second kappa shape index (κ2) is 4.45. The molecule has 0 unspecified atom stereocenters. The van der Waals surface area contributed by atoms with Gasteiger partial charge in [0.2, 0.25) is 5.69 Å². The number of aromatic nitrogens is 2. The van der Waals surface area contributed by atoms with Gasteiger partial charge in [0, 0.05) is 0 Å². The van der Waals surface area contributed by atoms with Gasteiger partial charge in [-0.3, -0.25) is 10.1 Å². The number of ether oxygens (including phenoxy) is 1. The Morgan fingerprint density at radius 1 is 1.60 bits per heavy atom. The lowest BCUT2D eigenvalue weighted by Gasteiger charge is -2.02. The van der Waals surface area contributed by atoms with E-state index in [0.29, 0.717) is 0 Å². The van der Waals surface area contributed by atoms with E-state index in [2.05, 4.69) is 14.7 Å². The van der Waals surface area contributed by atoms with Gasteiger partial charge in [0.15, 0.2) is 0 Å². The number of rotatable bonds is 3. The molecule has 0 aliphatic rings. The largest absolute Gasteiger partial charge is 0.461 e. The van der Waals surface area contributed by atoms with Crippen molar-refractivity contribution in [2.45, 2.75) is 13.8 Å². The molecular formula is C8H9N3O4. The van der Waals surface area contributed by atoms with Crippen molar-refractivity contribution >= 4 is 11.7 Å². The number of esters is 1. The quantitative estimate of drug-likeness (QED) is 0.418. The van der Waals surface area contributed by atoms with Crippen molar-refractivity contribution in [3.05, 3.63) is 27.8 Å². The first-order valence-corrected chi connectivity index (χ1v) is 4.21. The third kappa shape index (κ3) is 2.25. The van der Waals surface area contributed by atoms with E-state index in [-0.39, 0.29) is 18.0 Å². The van der Waals surface area contributed by atoms with Crippen LogP contribution in [0.25, 0.3) is 0 Å². The number of hydrogen-bond acceptors (Lipinski definition) is 6. The highest BCUT2D eigenvalue weighted by atomic mass is 16.6. The van der Waals surface area contributed by atoms with Gasteiger partial charge in [0.1, 0.15) is 12.0 Å². The molecule has 0 atom stereocenters. The molecular weight excluding hydrogens is 202 g/mol. The highest BCUT2D eigenvalue weighted by Gasteiger charge is 2.26. The molecule has 0 spiro atoms. The zero-order chi connectivity index (χ0) is 11.4. The topological polar surface area (TPSA) is 95.2 Å². The third-order valence-electron chi connectivity index (χ3n) is 1.66. The summed E-state index contributed by atoms with van der Waals surface area (Å²) in [6.07, 6.45) is 1.09. The molecule has 0 N–H and O–H groups in total. The summed E-state index contributed by atoms with van der Waals surface area (Å²) in [5, 5.41) is 10.7. The van der Waals surface area contributed by atoms with Crippen molar-refractivity contribution in [2.24, 2.45) is 0 Å². The first-order valence-electron chi connectivity index (χ1n) is 4.21. The summed E-state index contributed by atoms with van der Waals surface area (Å²) in [4.78, 5) is 28.5. The normalized spacial score (nSPS) is 9.73. The van der Waals surface area contributed by atoms with E-state index in [0.717, 1.165) is 6.33 Å². The molecule has 15 heavy (non-hydrogen) atoms. The average molecular weight is 211 g/mol. The van der Waals surface area contributed by atoms with Crippen LogP contribution in [0.3, 0.4) is 0 Å². The van der Waals surface area contributed by atoms with E-state index in [1.54, 1.807) is 6.92 Å².